The van der Waals surface area contributed by atoms with Gasteiger partial charge in [-0.1, -0.05) is 6.92 Å². The molecule has 6 heteroatoms. The van der Waals surface area contributed by atoms with Gasteiger partial charge in [-0.05, 0) is 25.3 Å². The van der Waals surface area contributed by atoms with E-state index in [9.17, 15) is 9.90 Å². The predicted octanol–water partition coefficient (Wildman–Crippen LogP) is 2.53. The van der Waals surface area contributed by atoms with Gasteiger partial charge in [0.15, 0.2) is 0 Å². The van der Waals surface area contributed by atoms with E-state index in [-0.39, 0.29) is 0 Å². The van der Waals surface area contributed by atoms with Crippen molar-refractivity contribution in [2.45, 2.75) is 38.6 Å². The molecule has 2 heterocycles. The fourth-order valence-corrected chi connectivity index (χ4v) is 3.65. The Kier molecular flexibility index (Phi) is 3.10. The van der Waals surface area contributed by atoms with Crippen LogP contribution in [0.15, 0.2) is 12.3 Å². The topological polar surface area (TPSA) is 68.0 Å². The molecule has 1 atom stereocenters. The summed E-state index contributed by atoms with van der Waals surface area (Å²) in [4.78, 5) is 16.8. The molecule has 2 aromatic heterocycles. The monoisotopic (exact) mass is 277 g/mol. The van der Waals surface area contributed by atoms with Crippen LogP contribution < -0.4 is 0 Å². The van der Waals surface area contributed by atoms with Gasteiger partial charge in [-0.15, -0.1) is 11.3 Å². The van der Waals surface area contributed by atoms with Crippen molar-refractivity contribution in [3.8, 4) is 10.7 Å². The zero-order valence-corrected chi connectivity index (χ0v) is 11.5. The smallest absolute Gasteiger partial charge is 0.312 e. The number of aromatic nitrogens is 3. The summed E-state index contributed by atoms with van der Waals surface area (Å²) < 4.78 is 1.93. The van der Waals surface area contributed by atoms with E-state index in [4.69, 9.17) is 0 Å². The first-order valence-electron chi connectivity index (χ1n) is 6.45. The molecular weight excluding hydrogens is 262 g/mol. The number of aliphatic carboxylic acids is 1. The van der Waals surface area contributed by atoms with Crippen LogP contribution in [0.2, 0.25) is 0 Å². The lowest BCUT2D eigenvalue weighted by atomic mass is 10.1. The van der Waals surface area contributed by atoms with Crippen molar-refractivity contribution in [3.05, 3.63) is 22.8 Å². The summed E-state index contributed by atoms with van der Waals surface area (Å²) in [6, 6.07) is 1.94. The fraction of sp³-hybridized carbons (Fsp3) is 0.462. The Hall–Kier alpha value is -1.69. The average Bonchev–Trinajstić information content (AvgIpc) is 3.00. The molecule has 5 nitrogen and oxygen atoms in total. The summed E-state index contributed by atoms with van der Waals surface area (Å²) in [6.07, 6.45) is 4.29. The number of hydrogen-bond donors (Lipinski definition) is 1. The highest BCUT2D eigenvalue weighted by atomic mass is 32.1. The number of hydrogen-bond acceptors (Lipinski definition) is 4. The Morgan fingerprint density at radius 2 is 2.47 bits per heavy atom. The van der Waals surface area contributed by atoms with E-state index in [1.807, 2.05) is 10.7 Å². The zero-order valence-electron chi connectivity index (χ0n) is 10.7. The minimum Gasteiger partial charge on any atom is -0.481 e. The molecular formula is C13H15N3O2S. The molecule has 0 aromatic carbocycles. The van der Waals surface area contributed by atoms with Crippen LogP contribution in [-0.4, -0.2) is 25.8 Å². The summed E-state index contributed by atoms with van der Waals surface area (Å²) in [5, 5.41) is 14.4. The largest absolute Gasteiger partial charge is 0.481 e. The second-order valence-electron chi connectivity index (χ2n) is 4.70. The number of fused-ring (bicyclic) bond motifs is 1. The molecule has 1 aliphatic rings. The van der Waals surface area contributed by atoms with E-state index in [1.54, 1.807) is 17.5 Å². The summed E-state index contributed by atoms with van der Waals surface area (Å²) >= 11 is 1.61. The van der Waals surface area contributed by atoms with Crippen molar-refractivity contribution < 1.29 is 9.90 Å². The van der Waals surface area contributed by atoms with Crippen LogP contribution in [0.5, 0.6) is 0 Å². The Bertz CT molecular complexity index is 617. The van der Waals surface area contributed by atoms with Crippen molar-refractivity contribution in [1.82, 2.24) is 14.8 Å². The Labute approximate surface area is 114 Å². The minimum absolute atomic E-state index is 0.428. The van der Waals surface area contributed by atoms with Gasteiger partial charge in [0, 0.05) is 17.6 Å². The van der Waals surface area contributed by atoms with Gasteiger partial charge in [-0.2, -0.15) is 5.10 Å². The van der Waals surface area contributed by atoms with Gasteiger partial charge < -0.3 is 5.11 Å². The van der Waals surface area contributed by atoms with Crippen LogP contribution in [0.1, 0.15) is 36.3 Å². The van der Waals surface area contributed by atoms with Crippen molar-refractivity contribution in [2.75, 3.05) is 0 Å². The van der Waals surface area contributed by atoms with Crippen LogP contribution in [0.25, 0.3) is 10.7 Å². The minimum atomic E-state index is -0.766. The summed E-state index contributed by atoms with van der Waals surface area (Å²) in [6.45, 7) is 2.96. The van der Waals surface area contributed by atoms with Crippen LogP contribution in [0, 0.1) is 0 Å². The van der Waals surface area contributed by atoms with Gasteiger partial charge in [0.2, 0.25) is 0 Å². The highest BCUT2D eigenvalue weighted by Gasteiger charge is 2.32. The first kappa shape index (κ1) is 12.3. The average molecular weight is 277 g/mol. The number of carboxylic acid groups (broad SMARTS) is 1. The molecule has 0 spiro atoms. The molecule has 0 saturated carbocycles. The number of rotatable bonds is 4. The first-order chi connectivity index (χ1) is 9.20. The summed E-state index contributed by atoms with van der Waals surface area (Å²) in [5.41, 5.74) is 1.75. The standard InChI is InChI=1S/C13H15N3O2S/c1-2-7-16-9(5-6-14-16)12-15-11-8(13(17)18)3-4-10(11)19-12/h5-6,8H,2-4,7H2,1H3,(H,17,18). The van der Waals surface area contributed by atoms with Crippen LogP contribution >= 0.6 is 11.3 Å². The maximum atomic E-state index is 11.2. The third kappa shape index (κ3) is 2.06. The molecule has 100 valence electrons. The number of carbonyl (C=O) groups is 1. The molecule has 0 bridgehead atoms. The van der Waals surface area contributed by atoms with Crippen molar-refractivity contribution in [3.63, 3.8) is 0 Å². The molecule has 0 fully saturated rings. The van der Waals surface area contributed by atoms with Gasteiger partial charge >= 0.3 is 5.97 Å². The fourth-order valence-electron chi connectivity index (χ4n) is 2.48. The van der Waals surface area contributed by atoms with Gasteiger partial charge in [-0.3, -0.25) is 9.48 Å². The molecule has 0 saturated heterocycles. The second kappa shape index (κ2) is 4.77. The second-order valence-corrected chi connectivity index (χ2v) is 5.78. The van der Waals surface area contributed by atoms with E-state index >= 15 is 0 Å². The number of aryl methyl sites for hydroxylation is 2. The molecule has 19 heavy (non-hydrogen) atoms. The van der Waals surface area contributed by atoms with Crippen molar-refractivity contribution in [1.29, 1.82) is 0 Å². The molecule has 3 rings (SSSR count). The van der Waals surface area contributed by atoms with E-state index in [2.05, 4.69) is 17.0 Å². The Morgan fingerprint density at radius 3 is 3.21 bits per heavy atom. The molecule has 1 N–H and O–H groups in total. The zero-order chi connectivity index (χ0) is 13.4. The maximum absolute atomic E-state index is 11.2. The summed E-state index contributed by atoms with van der Waals surface area (Å²) in [5.74, 6) is -1.19. The van der Waals surface area contributed by atoms with Gasteiger partial charge in [-0.25, -0.2) is 4.98 Å². The molecule has 1 unspecified atom stereocenters. The van der Waals surface area contributed by atoms with E-state index in [0.29, 0.717) is 6.42 Å². The third-order valence-corrected chi connectivity index (χ3v) is 4.54. The normalized spacial score (nSPS) is 17.6. The SMILES string of the molecule is CCCn1nccc1-c1nc2c(s1)CCC2C(=O)O. The van der Waals surface area contributed by atoms with Crippen LogP contribution in [0.4, 0.5) is 0 Å². The molecule has 0 amide bonds. The van der Waals surface area contributed by atoms with E-state index in [0.717, 1.165) is 40.7 Å². The van der Waals surface area contributed by atoms with E-state index < -0.39 is 11.9 Å². The third-order valence-electron chi connectivity index (χ3n) is 3.39. The maximum Gasteiger partial charge on any atom is 0.312 e. The van der Waals surface area contributed by atoms with Gasteiger partial charge in [0.1, 0.15) is 10.9 Å². The number of nitrogens with zero attached hydrogens (tertiary/aromatic N) is 3. The lowest BCUT2D eigenvalue weighted by molar-refractivity contribution is -0.138. The van der Waals surface area contributed by atoms with Gasteiger partial charge in [0.25, 0.3) is 0 Å². The number of carboxylic acids is 1. The number of thiazole rings is 1. The van der Waals surface area contributed by atoms with Crippen molar-refractivity contribution >= 4 is 17.3 Å². The Morgan fingerprint density at radius 1 is 1.63 bits per heavy atom. The molecule has 2 aromatic rings. The van der Waals surface area contributed by atoms with Crippen molar-refractivity contribution in [2.24, 2.45) is 0 Å². The summed E-state index contributed by atoms with van der Waals surface area (Å²) in [7, 11) is 0. The Balaban J connectivity index is 1.97. The van der Waals surface area contributed by atoms with E-state index in [1.165, 1.54) is 0 Å². The molecule has 1 aliphatic carbocycles. The first-order valence-corrected chi connectivity index (χ1v) is 7.27. The predicted molar refractivity (Wildman–Crippen MR) is 72.3 cm³/mol. The van der Waals surface area contributed by atoms with Gasteiger partial charge in [0.05, 0.1) is 11.4 Å². The molecule has 0 radical (unpaired) electrons. The van der Waals surface area contributed by atoms with Crippen LogP contribution in [-0.2, 0) is 17.8 Å². The lowest BCUT2D eigenvalue weighted by Gasteiger charge is -2.04. The highest BCUT2D eigenvalue weighted by Crippen LogP contribution is 2.39. The van der Waals surface area contributed by atoms with Crippen LogP contribution in [0.3, 0.4) is 0 Å². The molecule has 0 aliphatic heterocycles. The highest BCUT2D eigenvalue weighted by molar-refractivity contribution is 7.15. The quantitative estimate of drug-likeness (QED) is 0.932. The lowest BCUT2D eigenvalue weighted by Crippen LogP contribution is -2.08.